The summed E-state index contributed by atoms with van der Waals surface area (Å²) in [5, 5.41) is 0. The monoisotopic (exact) mass is 233 g/mol. The number of nitrogens with two attached hydrogens (primary N) is 1. The number of carbonyl (C=O) groups excluding carboxylic acids is 1. The summed E-state index contributed by atoms with van der Waals surface area (Å²) >= 11 is 0. The molecule has 0 aliphatic carbocycles. The van der Waals surface area contributed by atoms with Gasteiger partial charge in [0.1, 0.15) is 0 Å². The molecule has 0 aliphatic heterocycles. The first-order valence-electron chi connectivity index (χ1n) is 6.33. The molecule has 0 saturated heterocycles. The van der Waals surface area contributed by atoms with Crippen LogP contribution in [0, 0.1) is 0 Å². The molecular weight excluding hydrogens is 210 g/mol. The van der Waals surface area contributed by atoms with Gasteiger partial charge in [0.15, 0.2) is 5.78 Å². The Kier molecular flexibility index (Phi) is 4.88. The second kappa shape index (κ2) is 5.97. The summed E-state index contributed by atoms with van der Waals surface area (Å²) in [6.07, 6.45) is 3.39. The maximum atomic E-state index is 12.0. The van der Waals surface area contributed by atoms with Crippen molar-refractivity contribution in [2.45, 2.75) is 52.0 Å². The lowest BCUT2D eigenvalue weighted by molar-refractivity contribution is 0.0972. The van der Waals surface area contributed by atoms with Gasteiger partial charge < -0.3 is 5.73 Å². The van der Waals surface area contributed by atoms with Gasteiger partial charge in [-0.05, 0) is 38.3 Å². The molecule has 0 fully saturated rings. The fourth-order valence-corrected chi connectivity index (χ4v) is 1.77. The van der Waals surface area contributed by atoms with Crippen LogP contribution in [-0.4, -0.2) is 11.3 Å². The summed E-state index contributed by atoms with van der Waals surface area (Å²) in [5.41, 5.74) is 7.68. The van der Waals surface area contributed by atoms with Gasteiger partial charge in [-0.3, -0.25) is 4.79 Å². The first kappa shape index (κ1) is 13.9. The van der Waals surface area contributed by atoms with Crippen LogP contribution in [0.5, 0.6) is 0 Å². The fourth-order valence-electron chi connectivity index (χ4n) is 1.77. The molecule has 0 amide bonds. The van der Waals surface area contributed by atoms with Crippen LogP contribution in [0.15, 0.2) is 24.3 Å². The highest BCUT2D eigenvalue weighted by Crippen LogP contribution is 2.14. The van der Waals surface area contributed by atoms with E-state index in [-0.39, 0.29) is 11.3 Å². The van der Waals surface area contributed by atoms with Gasteiger partial charge in [-0.15, -0.1) is 0 Å². The molecule has 0 spiro atoms. The maximum Gasteiger partial charge on any atom is 0.162 e. The molecule has 0 aliphatic rings. The lowest BCUT2D eigenvalue weighted by Gasteiger charge is -2.17. The molecule has 2 heteroatoms. The highest BCUT2D eigenvalue weighted by Gasteiger charge is 2.14. The number of hydrogen-bond donors (Lipinski definition) is 1. The lowest BCUT2D eigenvalue weighted by atomic mass is 9.95. The molecule has 0 radical (unpaired) electrons. The zero-order valence-electron chi connectivity index (χ0n) is 11.1. The summed E-state index contributed by atoms with van der Waals surface area (Å²) in [6.45, 7) is 6.05. The molecule has 94 valence electrons. The van der Waals surface area contributed by atoms with Crippen molar-refractivity contribution >= 4 is 5.78 Å². The van der Waals surface area contributed by atoms with Gasteiger partial charge >= 0.3 is 0 Å². The van der Waals surface area contributed by atoms with Gasteiger partial charge in [-0.25, -0.2) is 0 Å². The summed E-state index contributed by atoms with van der Waals surface area (Å²) in [6, 6.07) is 7.94. The smallest absolute Gasteiger partial charge is 0.162 e. The molecule has 0 bridgehead atoms. The van der Waals surface area contributed by atoms with Gasteiger partial charge in [0.25, 0.3) is 0 Å². The summed E-state index contributed by atoms with van der Waals surface area (Å²) in [7, 11) is 0. The summed E-state index contributed by atoms with van der Waals surface area (Å²) in [5.74, 6) is 0.196. The van der Waals surface area contributed by atoms with Gasteiger partial charge in [-0.1, -0.05) is 31.5 Å². The standard InChI is InChI=1S/C15H23NO/c1-4-6-12-7-5-8-13(11-12)14(17)9-10-15(2,3)16/h5,7-8,11H,4,6,9-10,16H2,1-3H3. The average molecular weight is 233 g/mol. The first-order chi connectivity index (χ1) is 7.92. The predicted molar refractivity (Wildman–Crippen MR) is 72.3 cm³/mol. The highest BCUT2D eigenvalue weighted by molar-refractivity contribution is 5.96. The highest BCUT2D eigenvalue weighted by atomic mass is 16.1. The van der Waals surface area contributed by atoms with Crippen molar-refractivity contribution < 1.29 is 4.79 Å². The lowest BCUT2D eigenvalue weighted by Crippen LogP contribution is -2.32. The number of Topliss-reactive ketones (excluding diaryl/α,β-unsaturated/α-hetero) is 1. The third kappa shape index (κ3) is 5.14. The van der Waals surface area contributed by atoms with Crippen LogP contribution in [0.25, 0.3) is 0 Å². The van der Waals surface area contributed by atoms with Crippen LogP contribution in [0.3, 0.4) is 0 Å². The fraction of sp³-hybridized carbons (Fsp3) is 0.533. The first-order valence-corrected chi connectivity index (χ1v) is 6.33. The number of ketones is 1. The van der Waals surface area contributed by atoms with E-state index in [1.54, 1.807) is 0 Å². The van der Waals surface area contributed by atoms with Crippen molar-refractivity contribution in [1.29, 1.82) is 0 Å². The normalized spacial score (nSPS) is 11.5. The van der Waals surface area contributed by atoms with E-state index in [1.807, 2.05) is 32.0 Å². The van der Waals surface area contributed by atoms with Gasteiger partial charge in [0.2, 0.25) is 0 Å². The Labute approximate surface area is 104 Å². The van der Waals surface area contributed by atoms with Crippen molar-refractivity contribution in [2.24, 2.45) is 5.73 Å². The van der Waals surface area contributed by atoms with Crippen LogP contribution < -0.4 is 5.73 Å². The van der Waals surface area contributed by atoms with E-state index < -0.39 is 0 Å². The Hall–Kier alpha value is -1.15. The molecule has 2 nitrogen and oxygen atoms in total. The maximum absolute atomic E-state index is 12.0. The zero-order chi connectivity index (χ0) is 12.9. The van der Waals surface area contributed by atoms with E-state index in [0.29, 0.717) is 6.42 Å². The van der Waals surface area contributed by atoms with Crippen molar-refractivity contribution in [1.82, 2.24) is 0 Å². The van der Waals surface area contributed by atoms with E-state index in [9.17, 15) is 4.79 Å². The minimum absolute atomic E-state index is 0.196. The van der Waals surface area contributed by atoms with Crippen LogP contribution in [0.4, 0.5) is 0 Å². The largest absolute Gasteiger partial charge is 0.326 e. The average Bonchev–Trinajstić information content (AvgIpc) is 2.26. The Morgan fingerprint density at radius 1 is 1.35 bits per heavy atom. The molecule has 0 atom stereocenters. The molecule has 1 aromatic rings. The van der Waals surface area contributed by atoms with Crippen molar-refractivity contribution in [2.75, 3.05) is 0 Å². The third-order valence-corrected chi connectivity index (χ3v) is 2.78. The summed E-state index contributed by atoms with van der Waals surface area (Å²) < 4.78 is 0. The molecule has 2 N–H and O–H groups in total. The zero-order valence-corrected chi connectivity index (χ0v) is 11.1. The molecule has 1 rings (SSSR count). The van der Waals surface area contributed by atoms with Crippen molar-refractivity contribution in [3.63, 3.8) is 0 Å². The quantitative estimate of drug-likeness (QED) is 0.766. The van der Waals surface area contributed by atoms with E-state index in [1.165, 1.54) is 5.56 Å². The number of aryl methyl sites for hydroxylation is 1. The van der Waals surface area contributed by atoms with Gasteiger partial charge in [0, 0.05) is 17.5 Å². The van der Waals surface area contributed by atoms with Crippen molar-refractivity contribution in [3.8, 4) is 0 Å². The molecule has 0 heterocycles. The van der Waals surface area contributed by atoms with Gasteiger partial charge in [0.05, 0.1) is 0 Å². The second-order valence-corrected chi connectivity index (χ2v) is 5.36. The summed E-state index contributed by atoms with van der Waals surface area (Å²) in [4.78, 5) is 12.0. The van der Waals surface area contributed by atoms with E-state index in [4.69, 9.17) is 5.73 Å². The van der Waals surface area contributed by atoms with Crippen LogP contribution in [0.1, 0.15) is 56.0 Å². The topological polar surface area (TPSA) is 43.1 Å². The minimum Gasteiger partial charge on any atom is -0.326 e. The number of carbonyl (C=O) groups is 1. The van der Waals surface area contributed by atoms with Crippen LogP contribution in [0.2, 0.25) is 0 Å². The SMILES string of the molecule is CCCc1cccc(C(=O)CCC(C)(C)N)c1. The second-order valence-electron chi connectivity index (χ2n) is 5.36. The molecule has 0 saturated carbocycles. The molecular formula is C15H23NO. The number of rotatable bonds is 6. The Morgan fingerprint density at radius 3 is 2.65 bits per heavy atom. The Balaban J connectivity index is 2.65. The molecule has 0 unspecified atom stereocenters. The molecule has 1 aromatic carbocycles. The van der Waals surface area contributed by atoms with Crippen LogP contribution in [-0.2, 0) is 6.42 Å². The molecule has 17 heavy (non-hydrogen) atoms. The number of benzene rings is 1. The molecule has 0 aromatic heterocycles. The predicted octanol–water partition coefficient (Wildman–Crippen LogP) is 3.34. The minimum atomic E-state index is -0.267. The Morgan fingerprint density at radius 2 is 2.06 bits per heavy atom. The van der Waals surface area contributed by atoms with Gasteiger partial charge in [-0.2, -0.15) is 0 Å². The van der Waals surface area contributed by atoms with E-state index in [2.05, 4.69) is 13.0 Å². The third-order valence-electron chi connectivity index (χ3n) is 2.78. The number of hydrogen-bond acceptors (Lipinski definition) is 2. The Bertz CT molecular complexity index is 377. The van der Waals surface area contributed by atoms with Crippen molar-refractivity contribution in [3.05, 3.63) is 35.4 Å². The van der Waals surface area contributed by atoms with Crippen LogP contribution >= 0.6 is 0 Å². The van der Waals surface area contributed by atoms with E-state index in [0.717, 1.165) is 24.8 Å². The van der Waals surface area contributed by atoms with E-state index >= 15 is 0 Å².